The van der Waals surface area contributed by atoms with Crippen molar-refractivity contribution in [3.8, 4) is 0 Å². The average Bonchev–Trinajstić information content (AvgIpc) is 2.44. The summed E-state index contributed by atoms with van der Waals surface area (Å²) in [5, 5.41) is 12.0. The van der Waals surface area contributed by atoms with Crippen LogP contribution in [0, 0.1) is 5.82 Å². The van der Waals surface area contributed by atoms with Gasteiger partial charge in [-0.15, -0.1) is 0 Å². The van der Waals surface area contributed by atoms with E-state index >= 15 is 0 Å². The number of amides is 1. The van der Waals surface area contributed by atoms with Crippen molar-refractivity contribution >= 4 is 17.6 Å². The van der Waals surface area contributed by atoms with Crippen LogP contribution in [0.1, 0.15) is 26.2 Å². The molecule has 1 heterocycles. The zero-order chi connectivity index (χ0) is 15.5. The first-order valence-corrected chi connectivity index (χ1v) is 6.96. The van der Waals surface area contributed by atoms with Crippen molar-refractivity contribution in [2.24, 2.45) is 0 Å². The number of piperidine rings is 1. The van der Waals surface area contributed by atoms with E-state index in [1.54, 1.807) is 11.8 Å². The van der Waals surface area contributed by atoms with E-state index in [4.69, 9.17) is 0 Å². The minimum absolute atomic E-state index is 0.0141. The Balaban J connectivity index is 2.00. The highest BCUT2D eigenvalue weighted by Gasteiger charge is 2.41. The largest absolute Gasteiger partial charge is 0.480 e. The number of nitrogens with zero attached hydrogens (tertiary/aromatic N) is 1. The zero-order valence-corrected chi connectivity index (χ0v) is 11.9. The van der Waals surface area contributed by atoms with E-state index < -0.39 is 11.5 Å². The van der Waals surface area contributed by atoms with Crippen molar-refractivity contribution in [2.45, 2.75) is 31.7 Å². The normalized spacial score (nSPS) is 22.8. The van der Waals surface area contributed by atoms with Crippen LogP contribution < -0.4 is 5.32 Å². The number of nitrogens with one attached hydrogen (secondary N) is 1. The summed E-state index contributed by atoms with van der Waals surface area (Å²) in [6, 6.07) is 5.47. The van der Waals surface area contributed by atoms with Gasteiger partial charge in [0.25, 0.3) is 0 Å². The molecule has 1 aliphatic heterocycles. The second-order valence-electron chi connectivity index (χ2n) is 5.51. The molecule has 0 radical (unpaired) electrons. The maximum atomic E-state index is 12.8. The molecule has 1 aromatic carbocycles. The molecule has 114 valence electrons. The van der Waals surface area contributed by atoms with Gasteiger partial charge in [-0.2, -0.15) is 0 Å². The maximum Gasteiger partial charge on any atom is 0.323 e. The molecule has 0 spiro atoms. The predicted molar refractivity (Wildman–Crippen MR) is 76.5 cm³/mol. The Morgan fingerprint density at radius 1 is 1.33 bits per heavy atom. The SMILES string of the molecule is CC1(C(=O)O)CCCCN1CC(=O)Nc1ccc(F)cc1. The van der Waals surface area contributed by atoms with E-state index in [1.807, 2.05) is 0 Å². The molecule has 0 bridgehead atoms. The molecule has 6 heteroatoms. The standard InChI is InChI=1S/C15H19FN2O3/c1-15(14(20)21)8-2-3-9-18(15)10-13(19)17-12-6-4-11(16)5-7-12/h4-7H,2-3,8-10H2,1H3,(H,17,19)(H,20,21). The Labute approximate surface area is 122 Å². The van der Waals surface area contributed by atoms with Gasteiger partial charge in [-0.3, -0.25) is 14.5 Å². The number of likely N-dealkylation sites (tertiary alicyclic amines) is 1. The van der Waals surface area contributed by atoms with Gasteiger partial charge in [-0.05, 0) is 57.0 Å². The number of benzene rings is 1. The molecular weight excluding hydrogens is 275 g/mol. The van der Waals surface area contributed by atoms with Gasteiger partial charge in [0.1, 0.15) is 11.4 Å². The highest BCUT2D eigenvalue weighted by molar-refractivity contribution is 5.92. The monoisotopic (exact) mass is 294 g/mol. The number of halogens is 1. The zero-order valence-electron chi connectivity index (χ0n) is 11.9. The van der Waals surface area contributed by atoms with E-state index in [9.17, 15) is 19.1 Å². The lowest BCUT2D eigenvalue weighted by Crippen LogP contribution is -2.57. The Morgan fingerprint density at radius 2 is 2.00 bits per heavy atom. The molecule has 0 saturated carbocycles. The number of hydrogen-bond acceptors (Lipinski definition) is 3. The topological polar surface area (TPSA) is 69.6 Å². The van der Waals surface area contributed by atoms with Gasteiger partial charge >= 0.3 is 5.97 Å². The van der Waals surface area contributed by atoms with Gasteiger partial charge in [0, 0.05) is 5.69 Å². The van der Waals surface area contributed by atoms with E-state index in [0.29, 0.717) is 18.7 Å². The lowest BCUT2D eigenvalue weighted by Gasteiger charge is -2.41. The molecule has 0 aromatic heterocycles. The Morgan fingerprint density at radius 3 is 2.62 bits per heavy atom. The molecule has 1 amide bonds. The number of rotatable bonds is 4. The van der Waals surface area contributed by atoms with Gasteiger partial charge in [-0.25, -0.2) is 4.39 Å². The summed E-state index contributed by atoms with van der Waals surface area (Å²) in [6.07, 6.45) is 2.26. The van der Waals surface area contributed by atoms with Gasteiger partial charge in [0.2, 0.25) is 5.91 Å². The first-order valence-electron chi connectivity index (χ1n) is 6.96. The lowest BCUT2D eigenvalue weighted by molar-refractivity contribution is -0.153. The third kappa shape index (κ3) is 3.58. The second-order valence-corrected chi connectivity index (χ2v) is 5.51. The molecule has 1 fully saturated rings. The summed E-state index contributed by atoms with van der Waals surface area (Å²) < 4.78 is 12.8. The fourth-order valence-corrected chi connectivity index (χ4v) is 2.58. The molecule has 1 unspecified atom stereocenters. The minimum Gasteiger partial charge on any atom is -0.480 e. The summed E-state index contributed by atoms with van der Waals surface area (Å²) in [7, 11) is 0. The molecule has 21 heavy (non-hydrogen) atoms. The number of aliphatic carboxylic acids is 1. The third-order valence-electron chi connectivity index (χ3n) is 3.96. The van der Waals surface area contributed by atoms with Crippen LogP contribution in [0.2, 0.25) is 0 Å². The van der Waals surface area contributed by atoms with Gasteiger partial charge in [0.15, 0.2) is 0 Å². The molecule has 1 aliphatic rings. The van der Waals surface area contributed by atoms with Crippen LogP contribution in [0.15, 0.2) is 24.3 Å². The van der Waals surface area contributed by atoms with Crippen LogP contribution in [0.3, 0.4) is 0 Å². The fourth-order valence-electron chi connectivity index (χ4n) is 2.58. The van der Waals surface area contributed by atoms with Gasteiger partial charge in [-0.1, -0.05) is 0 Å². The van der Waals surface area contributed by atoms with Crippen molar-refractivity contribution < 1.29 is 19.1 Å². The highest BCUT2D eigenvalue weighted by Crippen LogP contribution is 2.28. The van der Waals surface area contributed by atoms with Crippen LogP contribution in [0.4, 0.5) is 10.1 Å². The molecule has 5 nitrogen and oxygen atoms in total. The van der Waals surface area contributed by atoms with Crippen molar-refractivity contribution in [1.29, 1.82) is 0 Å². The first-order chi connectivity index (χ1) is 9.91. The lowest BCUT2D eigenvalue weighted by atomic mass is 9.88. The third-order valence-corrected chi connectivity index (χ3v) is 3.96. The summed E-state index contributed by atoms with van der Waals surface area (Å²) in [5.41, 5.74) is -0.506. The van der Waals surface area contributed by atoms with E-state index in [-0.39, 0.29) is 18.3 Å². The van der Waals surface area contributed by atoms with Gasteiger partial charge < -0.3 is 10.4 Å². The van der Waals surface area contributed by atoms with Crippen LogP contribution in [0.25, 0.3) is 0 Å². The molecule has 1 aromatic rings. The number of hydrogen-bond donors (Lipinski definition) is 2. The van der Waals surface area contributed by atoms with E-state index in [2.05, 4.69) is 5.32 Å². The minimum atomic E-state index is -1.00. The second kappa shape index (κ2) is 6.22. The molecular formula is C15H19FN2O3. The molecule has 0 aliphatic carbocycles. The Kier molecular flexibility index (Phi) is 4.57. The van der Waals surface area contributed by atoms with Crippen LogP contribution in [-0.2, 0) is 9.59 Å². The van der Waals surface area contributed by atoms with Gasteiger partial charge in [0.05, 0.1) is 6.54 Å². The van der Waals surface area contributed by atoms with Crippen LogP contribution >= 0.6 is 0 Å². The Bertz CT molecular complexity index is 532. The van der Waals surface area contributed by atoms with E-state index in [0.717, 1.165) is 12.8 Å². The molecule has 2 rings (SSSR count). The predicted octanol–water partition coefficient (Wildman–Crippen LogP) is 2.09. The smallest absolute Gasteiger partial charge is 0.323 e. The van der Waals surface area contributed by atoms with Crippen molar-refractivity contribution in [1.82, 2.24) is 4.90 Å². The van der Waals surface area contributed by atoms with Crippen molar-refractivity contribution in [3.63, 3.8) is 0 Å². The molecule has 2 N–H and O–H groups in total. The first kappa shape index (κ1) is 15.4. The fraction of sp³-hybridized carbons (Fsp3) is 0.467. The highest BCUT2D eigenvalue weighted by atomic mass is 19.1. The summed E-state index contributed by atoms with van der Waals surface area (Å²) >= 11 is 0. The van der Waals surface area contributed by atoms with Crippen LogP contribution in [0.5, 0.6) is 0 Å². The van der Waals surface area contributed by atoms with Crippen molar-refractivity contribution in [2.75, 3.05) is 18.4 Å². The average molecular weight is 294 g/mol. The van der Waals surface area contributed by atoms with Crippen molar-refractivity contribution in [3.05, 3.63) is 30.1 Å². The van der Waals surface area contributed by atoms with E-state index in [1.165, 1.54) is 24.3 Å². The molecule has 1 atom stereocenters. The number of carbonyl (C=O) groups is 2. The summed E-state index contributed by atoms with van der Waals surface area (Å²) in [4.78, 5) is 25.2. The number of carboxylic acids is 1. The number of carboxylic acid groups (broad SMARTS) is 1. The number of anilines is 1. The van der Waals surface area contributed by atoms with Crippen LogP contribution in [-0.4, -0.2) is 40.5 Å². The summed E-state index contributed by atoms with van der Waals surface area (Å²) in [5.74, 6) is -1.57. The quantitative estimate of drug-likeness (QED) is 0.892. The Hall–Kier alpha value is -1.95. The molecule has 1 saturated heterocycles. The number of carbonyl (C=O) groups excluding carboxylic acids is 1. The maximum absolute atomic E-state index is 12.8. The summed E-state index contributed by atoms with van der Waals surface area (Å²) in [6.45, 7) is 2.25.